The van der Waals surface area contributed by atoms with Crippen molar-refractivity contribution in [1.29, 1.82) is 0 Å². The fourth-order valence-corrected chi connectivity index (χ4v) is 6.13. The lowest BCUT2D eigenvalue weighted by Gasteiger charge is -2.19. The molecule has 0 amide bonds. The van der Waals surface area contributed by atoms with Gasteiger partial charge < -0.3 is 15.0 Å². The molecule has 0 spiro atoms. The number of hydrogen-bond acceptors (Lipinski definition) is 9. The van der Waals surface area contributed by atoms with E-state index in [1.165, 1.54) is 6.20 Å². The molecule has 0 radical (unpaired) electrons. The summed E-state index contributed by atoms with van der Waals surface area (Å²) in [4.78, 5) is 17.9. The molecule has 0 bridgehead atoms. The molecule has 3 aromatic rings. The summed E-state index contributed by atoms with van der Waals surface area (Å²) in [6.07, 6.45) is 6.71. The van der Waals surface area contributed by atoms with Gasteiger partial charge in [-0.2, -0.15) is 10.1 Å². The minimum atomic E-state index is -3.79. The van der Waals surface area contributed by atoms with E-state index in [1.54, 1.807) is 55.3 Å². The lowest BCUT2D eigenvalue weighted by atomic mass is 9.98. The molecule has 5 heterocycles. The first-order chi connectivity index (χ1) is 19.9. The summed E-state index contributed by atoms with van der Waals surface area (Å²) >= 11 is 0. The largest absolute Gasteiger partial charge is 0.386 e. The summed E-state index contributed by atoms with van der Waals surface area (Å²) in [5.41, 5.74) is 4.91. The molecular weight excluding hydrogens is 554 g/mol. The third kappa shape index (κ3) is 5.60. The highest BCUT2D eigenvalue weighted by Gasteiger charge is 2.24. The van der Waals surface area contributed by atoms with Crippen LogP contribution in [-0.4, -0.2) is 49.4 Å². The highest BCUT2D eigenvalue weighted by Crippen LogP contribution is 2.39. The van der Waals surface area contributed by atoms with Crippen molar-refractivity contribution in [2.75, 3.05) is 16.6 Å². The van der Waals surface area contributed by atoms with Crippen molar-refractivity contribution in [2.24, 2.45) is 12.0 Å². The molecule has 0 unspecified atom stereocenters. The van der Waals surface area contributed by atoms with Gasteiger partial charge in [0.15, 0.2) is 0 Å². The first kappa shape index (κ1) is 27.5. The van der Waals surface area contributed by atoms with E-state index in [1.807, 2.05) is 32.2 Å². The van der Waals surface area contributed by atoms with Crippen LogP contribution in [0, 0.1) is 6.92 Å². The molecule has 0 saturated carbocycles. The van der Waals surface area contributed by atoms with E-state index in [2.05, 4.69) is 34.7 Å². The maximum Gasteiger partial charge on any atom is 0.251 e. The van der Waals surface area contributed by atoms with Gasteiger partial charge in [0.25, 0.3) is 5.62 Å². The molecule has 12 nitrogen and oxygen atoms in total. The molecule has 3 N–H and O–H groups in total. The maximum atomic E-state index is 13.1. The van der Waals surface area contributed by atoms with Crippen molar-refractivity contribution >= 4 is 27.2 Å². The van der Waals surface area contributed by atoms with Crippen LogP contribution in [0.4, 0.5) is 17.2 Å². The van der Waals surface area contributed by atoms with E-state index in [-0.39, 0.29) is 5.75 Å². The number of fused-ring (bicyclic) bond motifs is 3. The molecule has 1 aromatic carbocycles. The Labute approximate surface area is 243 Å². The lowest BCUT2D eigenvalue weighted by molar-refractivity contribution is 0.0784. The molecule has 0 fully saturated rings. The van der Waals surface area contributed by atoms with Crippen molar-refractivity contribution in [2.45, 2.75) is 38.7 Å². The molecule has 0 atom stereocenters. The van der Waals surface area contributed by atoms with Crippen LogP contribution in [-0.2, 0) is 35.0 Å². The first-order valence-electron chi connectivity index (χ1n) is 13.4. The Balaban J connectivity index is 1.34. The van der Waals surface area contributed by atoms with Crippen molar-refractivity contribution in [1.82, 2.24) is 29.3 Å². The molecule has 0 aliphatic carbocycles. The Hall–Kier alpha value is -4.62. The van der Waals surface area contributed by atoms with E-state index in [0.29, 0.717) is 34.8 Å². The number of pyridine rings is 2. The number of aryl methyl sites for hydroxylation is 2. The number of benzene rings is 1. The van der Waals surface area contributed by atoms with Crippen molar-refractivity contribution in [3.8, 4) is 22.5 Å². The van der Waals surface area contributed by atoms with Crippen molar-refractivity contribution in [3.05, 3.63) is 83.6 Å². The molecule has 0 saturated heterocycles. The van der Waals surface area contributed by atoms with Gasteiger partial charge in [0.1, 0.15) is 23.1 Å². The number of rotatable bonds is 7. The second kappa shape index (κ2) is 10.3. The van der Waals surface area contributed by atoms with Crippen LogP contribution in [0.1, 0.15) is 30.7 Å². The standard InChI is InChI=1S/C29H31N9O3S/c1-18-5-6-21(36-42(40,41)17-22-12-20(7-8-30-22)29(2,3)39)13-24(18)25-11-19-14-32-28(34-23-15-33-37(4)16-23)35-26(19)38-10-9-31-27(25)38/h5-8,11-16,31,36,39H,9-10,17H2,1-4H3. The zero-order chi connectivity index (χ0) is 29.6. The molecule has 13 heteroatoms. The monoisotopic (exact) mass is 585 g/mol. The van der Waals surface area contributed by atoms with Gasteiger partial charge in [-0.05, 0) is 67.8 Å². The van der Waals surface area contributed by atoms with Gasteiger partial charge in [-0.15, -0.1) is 0 Å². The van der Waals surface area contributed by atoms with Crippen molar-refractivity contribution < 1.29 is 13.5 Å². The Morgan fingerprint density at radius 1 is 1.12 bits per heavy atom. The predicted octanol–water partition coefficient (Wildman–Crippen LogP) is 3.31. The fraction of sp³-hybridized carbons (Fsp3) is 0.276. The highest BCUT2D eigenvalue weighted by molar-refractivity contribution is 7.91. The van der Waals surface area contributed by atoms with Crippen LogP contribution in [0.3, 0.4) is 0 Å². The molecule has 216 valence electrons. The van der Waals surface area contributed by atoms with Crippen molar-refractivity contribution in [3.63, 3.8) is 0 Å². The first-order valence-corrected chi connectivity index (χ1v) is 15.1. The predicted molar refractivity (Wildman–Crippen MR) is 159 cm³/mol. The highest BCUT2D eigenvalue weighted by atomic mass is 32.2. The molecule has 3 aliphatic heterocycles. The molecule has 42 heavy (non-hydrogen) atoms. The molecular formula is C29H31N9O3S. The average Bonchev–Trinajstić information content (AvgIpc) is 3.58. The topological polar surface area (TPSA) is 152 Å². The summed E-state index contributed by atoms with van der Waals surface area (Å²) in [7, 11) is -1.96. The number of aromatic nitrogens is 6. The minimum Gasteiger partial charge on any atom is -0.386 e. The summed E-state index contributed by atoms with van der Waals surface area (Å²) in [6, 6.07) is 10.8. The van der Waals surface area contributed by atoms with E-state index >= 15 is 0 Å². The fourth-order valence-electron chi connectivity index (χ4n) is 5.03. The van der Waals surface area contributed by atoms with Crippen LogP contribution < -0.4 is 15.7 Å². The number of aliphatic hydroxyl groups is 1. The van der Waals surface area contributed by atoms with Gasteiger partial charge in [-0.3, -0.25) is 14.4 Å². The summed E-state index contributed by atoms with van der Waals surface area (Å²) in [5.74, 6) is 1.32. The van der Waals surface area contributed by atoms with Gasteiger partial charge >= 0.3 is 0 Å². The Morgan fingerprint density at radius 2 is 1.95 bits per heavy atom. The number of nitrogens with one attached hydrogen (secondary N) is 2. The minimum absolute atomic E-state index is 0.327. The van der Waals surface area contributed by atoms with Gasteiger partial charge in [0, 0.05) is 49.3 Å². The lowest BCUT2D eigenvalue weighted by Crippen LogP contribution is -2.19. The Morgan fingerprint density at radius 3 is 2.71 bits per heavy atom. The number of sulfonamides is 1. The molecule has 2 aromatic heterocycles. The summed E-state index contributed by atoms with van der Waals surface area (Å²) in [6.45, 7) is 6.72. The Bertz CT molecular complexity index is 1960. The second-order valence-electron chi connectivity index (χ2n) is 10.9. The van der Waals surface area contributed by atoms with Gasteiger partial charge in [0.2, 0.25) is 10.0 Å². The number of nitrogens with zero attached hydrogens (tertiary/aromatic N) is 7. The normalized spacial score (nSPS) is 13.8. The van der Waals surface area contributed by atoms with Crippen LogP contribution in [0.25, 0.3) is 22.5 Å². The summed E-state index contributed by atoms with van der Waals surface area (Å²) < 4.78 is 32.7. The van der Waals surface area contributed by atoms with Crippen LogP contribution in [0.15, 0.2) is 66.2 Å². The van der Waals surface area contributed by atoms with E-state index in [9.17, 15) is 13.5 Å². The second-order valence-corrected chi connectivity index (χ2v) is 12.6. The van der Waals surface area contributed by atoms with E-state index < -0.39 is 15.6 Å². The van der Waals surface area contributed by atoms with Crippen LogP contribution in [0.5, 0.6) is 0 Å². The molecule has 6 rings (SSSR count). The average molecular weight is 586 g/mol. The summed E-state index contributed by atoms with van der Waals surface area (Å²) in [5, 5.41) is 17.9. The van der Waals surface area contributed by atoms with E-state index in [0.717, 1.165) is 40.4 Å². The maximum absolute atomic E-state index is 13.1. The smallest absolute Gasteiger partial charge is 0.251 e. The van der Waals surface area contributed by atoms with Crippen LogP contribution >= 0.6 is 0 Å². The molecule has 3 aliphatic rings. The zero-order valence-corrected chi connectivity index (χ0v) is 24.5. The van der Waals surface area contributed by atoms with Gasteiger partial charge in [-0.25, -0.2) is 18.4 Å². The SMILES string of the molecule is Cc1ccc(NS(=O)(=O)Cc2cc(C(C)(C)O)ccn2)cc1-c1cc2cnc(=Nc3cnn(C)c3)nc-2n2c1NCC2. The van der Waals surface area contributed by atoms with Gasteiger partial charge in [0.05, 0.1) is 23.7 Å². The van der Waals surface area contributed by atoms with E-state index in [4.69, 9.17) is 4.98 Å². The number of hydrogen-bond donors (Lipinski definition) is 3. The van der Waals surface area contributed by atoms with Gasteiger partial charge in [-0.1, -0.05) is 6.07 Å². The zero-order valence-electron chi connectivity index (χ0n) is 23.7. The van der Waals surface area contributed by atoms with Crippen LogP contribution in [0.2, 0.25) is 0 Å². The number of anilines is 2. The quantitative estimate of drug-likeness (QED) is 0.263. The third-order valence-electron chi connectivity index (χ3n) is 7.07. The third-order valence-corrected chi connectivity index (χ3v) is 8.30. The Kier molecular flexibility index (Phi) is 6.78.